The van der Waals surface area contributed by atoms with E-state index in [1.54, 1.807) is 11.8 Å². The quantitative estimate of drug-likeness (QED) is 0.821. The van der Waals surface area contributed by atoms with E-state index in [-0.39, 0.29) is 36.1 Å². The van der Waals surface area contributed by atoms with Gasteiger partial charge in [0.25, 0.3) is 0 Å². The van der Waals surface area contributed by atoms with E-state index in [0.29, 0.717) is 19.0 Å². The predicted octanol–water partition coefficient (Wildman–Crippen LogP) is 0.582. The largest absolute Gasteiger partial charge is 0.497 e. The van der Waals surface area contributed by atoms with Gasteiger partial charge in [-0.1, -0.05) is 12.1 Å². The van der Waals surface area contributed by atoms with Gasteiger partial charge in [-0.2, -0.15) is 0 Å². The van der Waals surface area contributed by atoms with Crippen molar-refractivity contribution in [1.82, 2.24) is 25.5 Å². The molecule has 2 aliphatic heterocycles. The second kappa shape index (κ2) is 6.58. The molecule has 1 N–H and O–H groups in total. The van der Waals surface area contributed by atoms with Crippen LogP contribution in [0.4, 0.5) is 0 Å². The molecule has 142 valence electrons. The molecule has 1 aromatic carbocycles. The van der Waals surface area contributed by atoms with Gasteiger partial charge in [0.15, 0.2) is 5.82 Å². The summed E-state index contributed by atoms with van der Waals surface area (Å²) < 4.78 is 19.0. The number of hydrogen-bond donors (Lipinski definition) is 1. The summed E-state index contributed by atoms with van der Waals surface area (Å²) in [5, 5.41) is 15.3. The van der Waals surface area contributed by atoms with Crippen molar-refractivity contribution < 1.29 is 19.0 Å². The number of carbonyl (C=O) groups is 1. The number of amides is 1. The number of methoxy groups -OCH3 is 1. The lowest BCUT2D eigenvalue weighted by Gasteiger charge is -2.18. The third-order valence-electron chi connectivity index (χ3n) is 5.44. The first kappa shape index (κ1) is 16.6. The molecular weight excluding hydrogens is 350 g/mol. The van der Waals surface area contributed by atoms with E-state index in [4.69, 9.17) is 14.2 Å². The Balaban J connectivity index is 1.36. The van der Waals surface area contributed by atoms with E-state index >= 15 is 0 Å². The predicted molar refractivity (Wildman–Crippen MR) is 93.0 cm³/mol. The number of nitrogens with one attached hydrogen (secondary N) is 1. The third kappa shape index (κ3) is 2.96. The lowest BCUT2D eigenvalue weighted by atomic mass is 10.1. The minimum Gasteiger partial charge on any atom is -0.497 e. The van der Waals surface area contributed by atoms with Crippen LogP contribution in [0.2, 0.25) is 0 Å². The molecule has 1 aliphatic carbocycles. The van der Waals surface area contributed by atoms with Crippen molar-refractivity contribution in [1.29, 1.82) is 0 Å². The van der Waals surface area contributed by atoms with Gasteiger partial charge in [-0.3, -0.25) is 4.79 Å². The van der Waals surface area contributed by atoms with Gasteiger partial charge in [0.05, 0.1) is 26.4 Å². The normalized spacial score (nSPS) is 29.5. The summed E-state index contributed by atoms with van der Waals surface area (Å²) in [4.78, 5) is 12.1. The van der Waals surface area contributed by atoms with Crippen LogP contribution in [0, 0.1) is 5.92 Å². The summed E-state index contributed by atoms with van der Waals surface area (Å²) in [5.41, 5.74) is 0.861. The average Bonchev–Trinajstić information content (AvgIpc) is 3.11. The zero-order valence-electron chi connectivity index (χ0n) is 14.9. The molecule has 3 fully saturated rings. The molecule has 27 heavy (non-hydrogen) atoms. The van der Waals surface area contributed by atoms with Crippen LogP contribution >= 0.6 is 0 Å². The molecule has 4 atom stereocenters. The molecule has 9 heteroatoms. The highest BCUT2D eigenvalue weighted by molar-refractivity contribution is 5.81. The highest BCUT2D eigenvalue weighted by Crippen LogP contribution is 2.37. The van der Waals surface area contributed by atoms with Gasteiger partial charge >= 0.3 is 0 Å². The Morgan fingerprint density at radius 2 is 2.11 bits per heavy atom. The van der Waals surface area contributed by atoms with Crippen LogP contribution in [0.1, 0.15) is 18.9 Å². The Kier molecular flexibility index (Phi) is 4.05. The number of tetrazole rings is 1. The van der Waals surface area contributed by atoms with Crippen molar-refractivity contribution in [2.75, 3.05) is 20.3 Å². The summed E-state index contributed by atoms with van der Waals surface area (Å²) in [6.45, 7) is 0.883. The standard InChI is InChI=1S/C18H21N5O4/c1-25-12-4-2-3-11(7-12)17-20-21-22-23(17)14-9-27-15-13(8-26-16(14)15)19-18(24)10-5-6-10/h2-4,7,10,13-16H,5-6,8-9H2,1H3,(H,19,24). The Bertz CT molecular complexity index is 852. The van der Waals surface area contributed by atoms with Crippen LogP contribution in [0.3, 0.4) is 0 Å². The fraction of sp³-hybridized carbons (Fsp3) is 0.556. The first-order valence-corrected chi connectivity index (χ1v) is 9.20. The van der Waals surface area contributed by atoms with Gasteiger partial charge in [-0.15, -0.1) is 5.10 Å². The van der Waals surface area contributed by atoms with Gasteiger partial charge < -0.3 is 19.5 Å². The summed E-state index contributed by atoms with van der Waals surface area (Å²) in [5.74, 6) is 1.65. The van der Waals surface area contributed by atoms with Crippen LogP contribution < -0.4 is 10.1 Å². The van der Waals surface area contributed by atoms with E-state index in [0.717, 1.165) is 24.2 Å². The van der Waals surface area contributed by atoms with Gasteiger partial charge in [-0.25, -0.2) is 4.68 Å². The summed E-state index contributed by atoms with van der Waals surface area (Å²) >= 11 is 0. The Morgan fingerprint density at radius 1 is 1.26 bits per heavy atom. The Labute approximate surface area is 156 Å². The van der Waals surface area contributed by atoms with Gasteiger partial charge in [0.2, 0.25) is 5.91 Å². The number of fused-ring (bicyclic) bond motifs is 1. The van der Waals surface area contributed by atoms with Crippen LogP contribution in [0.5, 0.6) is 5.75 Å². The number of hydrogen-bond acceptors (Lipinski definition) is 7. The monoisotopic (exact) mass is 371 g/mol. The molecule has 0 radical (unpaired) electrons. The molecule has 4 unspecified atom stereocenters. The van der Waals surface area contributed by atoms with Gasteiger partial charge in [-0.05, 0) is 35.4 Å². The fourth-order valence-corrected chi connectivity index (χ4v) is 3.83. The van der Waals surface area contributed by atoms with Crippen molar-refractivity contribution in [2.24, 2.45) is 5.92 Å². The number of nitrogens with zero attached hydrogens (tertiary/aromatic N) is 4. The second-order valence-electron chi connectivity index (χ2n) is 7.23. The molecule has 2 saturated heterocycles. The smallest absolute Gasteiger partial charge is 0.223 e. The number of aromatic nitrogens is 4. The maximum Gasteiger partial charge on any atom is 0.223 e. The molecule has 0 spiro atoms. The number of carbonyl (C=O) groups excluding carboxylic acids is 1. The third-order valence-corrected chi connectivity index (χ3v) is 5.44. The second-order valence-corrected chi connectivity index (χ2v) is 7.23. The number of benzene rings is 1. The van der Waals surface area contributed by atoms with E-state index in [2.05, 4.69) is 20.8 Å². The summed E-state index contributed by atoms with van der Waals surface area (Å²) in [7, 11) is 1.62. The zero-order valence-corrected chi connectivity index (χ0v) is 14.9. The lowest BCUT2D eigenvalue weighted by Crippen LogP contribution is -2.44. The maximum absolute atomic E-state index is 12.1. The molecule has 9 nitrogen and oxygen atoms in total. The van der Waals surface area contributed by atoms with Crippen molar-refractivity contribution in [3.05, 3.63) is 24.3 Å². The van der Waals surface area contributed by atoms with Crippen LogP contribution in [-0.2, 0) is 14.3 Å². The molecule has 1 saturated carbocycles. The molecule has 3 aliphatic rings. The summed E-state index contributed by atoms with van der Waals surface area (Å²) in [6, 6.07) is 7.34. The Hall–Kier alpha value is -2.52. The van der Waals surface area contributed by atoms with E-state index in [1.807, 2.05) is 24.3 Å². The van der Waals surface area contributed by atoms with Gasteiger partial charge in [0, 0.05) is 11.5 Å². The van der Waals surface area contributed by atoms with Crippen LogP contribution in [0.25, 0.3) is 11.4 Å². The topological polar surface area (TPSA) is 100 Å². The minimum absolute atomic E-state index is 0.107. The lowest BCUT2D eigenvalue weighted by molar-refractivity contribution is -0.123. The summed E-state index contributed by atoms with van der Waals surface area (Å²) in [6.07, 6.45) is 1.58. The van der Waals surface area contributed by atoms with E-state index < -0.39 is 0 Å². The average molecular weight is 371 g/mol. The molecule has 0 bridgehead atoms. The minimum atomic E-state index is -0.192. The highest BCUT2D eigenvalue weighted by Gasteiger charge is 2.50. The van der Waals surface area contributed by atoms with Crippen LogP contribution in [-0.4, -0.2) is 64.7 Å². The highest BCUT2D eigenvalue weighted by atomic mass is 16.6. The first-order chi connectivity index (χ1) is 13.2. The Morgan fingerprint density at radius 3 is 2.93 bits per heavy atom. The van der Waals surface area contributed by atoms with Crippen molar-refractivity contribution >= 4 is 5.91 Å². The molecular formula is C18H21N5O4. The van der Waals surface area contributed by atoms with Gasteiger partial charge in [0.1, 0.15) is 24.0 Å². The van der Waals surface area contributed by atoms with Crippen molar-refractivity contribution in [3.8, 4) is 17.1 Å². The van der Waals surface area contributed by atoms with Crippen LogP contribution in [0.15, 0.2) is 24.3 Å². The molecule has 1 aromatic heterocycles. The molecule has 3 heterocycles. The van der Waals surface area contributed by atoms with E-state index in [9.17, 15) is 4.79 Å². The zero-order chi connectivity index (χ0) is 18.4. The SMILES string of the molecule is COc1cccc(-c2nnnn2C2COC3C(NC(=O)C4CC4)COC32)c1. The first-order valence-electron chi connectivity index (χ1n) is 9.20. The molecule has 5 rings (SSSR count). The number of rotatable bonds is 5. The number of ether oxygens (including phenoxy) is 3. The van der Waals surface area contributed by atoms with Crippen molar-refractivity contribution in [2.45, 2.75) is 37.1 Å². The fourth-order valence-electron chi connectivity index (χ4n) is 3.83. The molecule has 2 aromatic rings. The molecule has 1 amide bonds. The maximum atomic E-state index is 12.1. The van der Waals surface area contributed by atoms with E-state index in [1.165, 1.54) is 0 Å². The van der Waals surface area contributed by atoms with Crippen molar-refractivity contribution in [3.63, 3.8) is 0 Å².